The number of unbranched alkanes of at least 4 members (excludes halogenated alkanes) is 5. The number of rotatable bonds is 15. The van der Waals surface area contributed by atoms with Gasteiger partial charge in [-0.2, -0.15) is 0 Å². The van der Waals surface area contributed by atoms with E-state index in [4.69, 9.17) is 9.47 Å². The van der Waals surface area contributed by atoms with Crippen LogP contribution in [0.4, 0.5) is 0 Å². The molecule has 6 nitrogen and oxygen atoms in total. The highest BCUT2D eigenvalue weighted by molar-refractivity contribution is 7.07. The van der Waals surface area contributed by atoms with Gasteiger partial charge >= 0.3 is 4.87 Å². The van der Waals surface area contributed by atoms with E-state index < -0.39 is 0 Å². The van der Waals surface area contributed by atoms with E-state index in [1.807, 2.05) is 31.2 Å². The lowest BCUT2D eigenvalue weighted by Gasteiger charge is -2.12. The van der Waals surface area contributed by atoms with Gasteiger partial charge in [-0.1, -0.05) is 49.2 Å². The molecular weight excluding hydrogens is 376 g/mol. The standard InChI is InChI=1S/C21H32N2O4S/c1-2-26-18-11-7-8-12-19(18)27-16-14-22-13-9-5-3-4-6-10-15-23-20(24)17-28-21(23)25/h7-8,11-12,17,22,24H,2-6,9-10,13-16H2,1H3. The van der Waals surface area contributed by atoms with Crippen LogP contribution in [0.1, 0.15) is 45.4 Å². The third-order valence-electron chi connectivity index (χ3n) is 4.43. The fourth-order valence-corrected chi connectivity index (χ4v) is 3.60. The van der Waals surface area contributed by atoms with Crippen molar-refractivity contribution < 1.29 is 14.6 Å². The average Bonchev–Trinajstić information content (AvgIpc) is 3.02. The topological polar surface area (TPSA) is 72.7 Å². The maximum Gasteiger partial charge on any atom is 0.309 e. The molecule has 0 amide bonds. The molecule has 0 aliphatic carbocycles. The highest BCUT2D eigenvalue weighted by Crippen LogP contribution is 2.26. The van der Waals surface area contributed by atoms with Crippen LogP contribution in [0.3, 0.4) is 0 Å². The van der Waals surface area contributed by atoms with Gasteiger partial charge in [-0.15, -0.1) is 0 Å². The van der Waals surface area contributed by atoms with E-state index in [2.05, 4.69) is 5.32 Å². The molecule has 2 aromatic rings. The minimum Gasteiger partial charge on any atom is -0.494 e. The molecule has 1 aromatic carbocycles. The Bertz CT molecular complexity index is 729. The van der Waals surface area contributed by atoms with E-state index in [1.54, 1.807) is 0 Å². The Morgan fingerprint density at radius 2 is 1.68 bits per heavy atom. The maximum absolute atomic E-state index is 11.5. The maximum atomic E-state index is 11.5. The molecular formula is C21H32N2O4S. The Hall–Kier alpha value is -1.99. The van der Waals surface area contributed by atoms with Gasteiger partial charge in [0.15, 0.2) is 11.5 Å². The van der Waals surface area contributed by atoms with Crippen LogP contribution in [0, 0.1) is 0 Å². The molecule has 2 rings (SSSR count). The minimum absolute atomic E-state index is 0.0751. The number of hydrogen-bond donors (Lipinski definition) is 2. The summed E-state index contributed by atoms with van der Waals surface area (Å²) in [6.45, 7) is 5.65. The van der Waals surface area contributed by atoms with Crippen LogP contribution in [0.25, 0.3) is 0 Å². The van der Waals surface area contributed by atoms with Gasteiger partial charge in [0.25, 0.3) is 0 Å². The number of para-hydroxylation sites is 2. The molecule has 0 atom stereocenters. The summed E-state index contributed by atoms with van der Waals surface area (Å²) >= 11 is 1.05. The molecule has 0 saturated carbocycles. The summed E-state index contributed by atoms with van der Waals surface area (Å²) in [4.78, 5) is 11.4. The zero-order valence-electron chi connectivity index (χ0n) is 16.7. The van der Waals surface area contributed by atoms with E-state index in [1.165, 1.54) is 22.8 Å². The number of hydrogen-bond acceptors (Lipinski definition) is 6. The van der Waals surface area contributed by atoms with Crippen LogP contribution < -0.4 is 19.7 Å². The summed E-state index contributed by atoms with van der Waals surface area (Å²) in [5.74, 6) is 1.68. The summed E-state index contributed by atoms with van der Waals surface area (Å²) in [6.07, 6.45) is 6.73. The zero-order valence-corrected chi connectivity index (χ0v) is 17.5. The molecule has 2 N–H and O–H groups in total. The van der Waals surface area contributed by atoms with Crippen molar-refractivity contribution in [1.29, 1.82) is 0 Å². The Labute approximate surface area is 171 Å². The van der Waals surface area contributed by atoms with Gasteiger partial charge in [0.1, 0.15) is 6.61 Å². The largest absolute Gasteiger partial charge is 0.494 e. The second-order valence-corrected chi connectivity index (χ2v) is 7.43. The van der Waals surface area contributed by atoms with E-state index in [-0.39, 0.29) is 10.8 Å². The normalized spacial score (nSPS) is 10.9. The molecule has 7 heteroatoms. The predicted molar refractivity (Wildman–Crippen MR) is 114 cm³/mol. The number of nitrogens with zero attached hydrogens (tertiary/aromatic N) is 1. The van der Waals surface area contributed by atoms with Crippen molar-refractivity contribution in [3.63, 3.8) is 0 Å². The first kappa shape index (κ1) is 22.3. The van der Waals surface area contributed by atoms with Gasteiger partial charge in [-0.3, -0.25) is 9.36 Å². The van der Waals surface area contributed by atoms with Gasteiger partial charge in [-0.25, -0.2) is 0 Å². The lowest BCUT2D eigenvalue weighted by Crippen LogP contribution is -2.22. The van der Waals surface area contributed by atoms with Crippen molar-refractivity contribution in [2.75, 3.05) is 26.3 Å². The van der Waals surface area contributed by atoms with Crippen LogP contribution in [0.2, 0.25) is 0 Å². The molecule has 0 fully saturated rings. The van der Waals surface area contributed by atoms with Gasteiger partial charge in [0.05, 0.1) is 12.0 Å². The third kappa shape index (κ3) is 7.94. The first-order valence-electron chi connectivity index (χ1n) is 10.1. The van der Waals surface area contributed by atoms with E-state index >= 15 is 0 Å². The Morgan fingerprint density at radius 1 is 1.00 bits per heavy atom. The fourth-order valence-electron chi connectivity index (χ4n) is 2.96. The first-order chi connectivity index (χ1) is 13.7. The van der Waals surface area contributed by atoms with Crippen molar-refractivity contribution >= 4 is 11.3 Å². The van der Waals surface area contributed by atoms with Crippen LogP contribution >= 0.6 is 11.3 Å². The molecule has 0 unspecified atom stereocenters. The summed E-state index contributed by atoms with van der Waals surface area (Å²) < 4.78 is 12.8. The highest BCUT2D eigenvalue weighted by atomic mass is 32.1. The molecule has 0 saturated heterocycles. The number of aromatic nitrogens is 1. The van der Waals surface area contributed by atoms with Crippen molar-refractivity contribution in [2.45, 2.75) is 52.0 Å². The first-order valence-corrected chi connectivity index (χ1v) is 11.0. The quantitative estimate of drug-likeness (QED) is 0.436. The Balaban J connectivity index is 1.41. The molecule has 28 heavy (non-hydrogen) atoms. The predicted octanol–water partition coefficient (Wildman–Crippen LogP) is 4.02. The molecule has 0 aliphatic rings. The summed E-state index contributed by atoms with van der Waals surface area (Å²) in [6, 6.07) is 7.75. The van der Waals surface area contributed by atoms with Gasteiger partial charge in [0.2, 0.25) is 5.88 Å². The van der Waals surface area contributed by atoms with Gasteiger partial charge in [-0.05, 0) is 38.4 Å². The smallest absolute Gasteiger partial charge is 0.309 e. The Kier molecular flexibility index (Phi) is 10.5. The third-order valence-corrected chi connectivity index (χ3v) is 5.18. The van der Waals surface area contributed by atoms with Gasteiger partial charge in [0, 0.05) is 13.1 Å². The lowest BCUT2D eigenvalue weighted by molar-refractivity contribution is 0.275. The fraction of sp³-hybridized carbons (Fsp3) is 0.571. The monoisotopic (exact) mass is 408 g/mol. The number of aromatic hydroxyl groups is 1. The van der Waals surface area contributed by atoms with Crippen LogP contribution in [-0.2, 0) is 6.54 Å². The summed E-state index contributed by atoms with van der Waals surface area (Å²) in [5.41, 5.74) is 0. The van der Waals surface area contributed by atoms with Crippen molar-refractivity contribution in [3.05, 3.63) is 39.3 Å². The summed E-state index contributed by atoms with van der Waals surface area (Å²) in [7, 11) is 0. The minimum atomic E-state index is -0.0751. The van der Waals surface area contributed by atoms with Crippen molar-refractivity contribution in [1.82, 2.24) is 9.88 Å². The molecule has 0 spiro atoms. The van der Waals surface area contributed by atoms with E-state index in [0.717, 1.165) is 61.6 Å². The zero-order chi connectivity index (χ0) is 20.0. The van der Waals surface area contributed by atoms with E-state index in [9.17, 15) is 9.90 Å². The van der Waals surface area contributed by atoms with Crippen LogP contribution in [0.15, 0.2) is 34.4 Å². The van der Waals surface area contributed by atoms with Crippen LogP contribution in [0.5, 0.6) is 17.4 Å². The lowest BCUT2D eigenvalue weighted by atomic mass is 10.1. The summed E-state index contributed by atoms with van der Waals surface area (Å²) in [5, 5.41) is 14.5. The average molecular weight is 409 g/mol. The molecule has 156 valence electrons. The number of ether oxygens (including phenoxy) is 2. The SMILES string of the molecule is CCOc1ccccc1OCCNCCCCCCCCn1c(O)csc1=O. The van der Waals surface area contributed by atoms with E-state index in [0.29, 0.717) is 19.8 Å². The molecule has 0 radical (unpaired) electrons. The molecule has 0 bridgehead atoms. The van der Waals surface area contributed by atoms with Crippen molar-refractivity contribution in [2.24, 2.45) is 0 Å². The molecule has 1 heterocycles. The molecule has 0 aliphatic heterocycles. The van der Waals surface area contributed by atoms with Gasteiger partial charge < -0.3 is 19.9 Å². The van der Waals surface area contributed by atoms with Crippen molar-refractivity contribution in [3.8, 4) is 17.4 Å². The van der Waals surface area contributed by atoms with Crippen LogP contribution in [-0.4, -0.2) is 36.0 Å². The number of thiazole rings is 1. The number of benzene rings is 1. The molecule has 1 aromatic heterocycles. The Morgan fingerprint density at radius 3 is 2.36 bits per heavy atom. The second kappa shape index (κ2) is 13.2. The highest BCUT2D eigenvalue weighted by Gasteiger charge is 2.04. The number of nitrogens with one attached hydrogen (secondary N) is 1. The second-order valence-electron chi connectivity index (χ2n) is 6.61.